The Labute approximate surface area is 181 Å². The zero-order chi connectivity index (χ0) is 20.5. The number of nitrogens with one attached hydrogen (secondary N) is 1. The third-order valence-corrected chi connectivity index (χ3v) is 6.92. The van der Waals surface area contributed by atoms with Crippen LogP contribution in [-0.2, 0) is 4.79 Å². The summed E-state index contributed by atoms with van der Waals surface area (Å²) in [6.45, 7) is 4.07. The normalized spacial score (nSPS) is 15.6. The molecule has 0 bridgehead atoms. The van der Waals surface area contributed by atoms with Crippen molar-refractivity contribution in [2.45, 2.75) is 25.7 Å². The van der Waals surface area contributed by atoms with Crippen molar-refractivity contribution in [1.82, 2.24) is 20.1 Å². The Morgan fingerprint density at radius 3 is 2.93 bits per heavy atom. The van der Waals surface area contributed by atoms with Gasteiger partial charge < -0.3 is 9.73 Å². The van der Waals surface area contributed by atoms with Crippen LogP contribution in [0.15, 0.2) is 39.4 Å². The Bertz CT molecular complexity index is 1160. The molecule has 1 fully saturated rings. The van der Waals surface area contributed by atoms with Crippen LogP contribution < -0.4 is 5.32 Å². The van der Waals surface area contributed by atoms with Crippen molar-refractivity contribution in [2.24, 2.45) is 0 Å². The van der Waals surface area contributed by atoms with Crippen molar-refractivity contribution in [3.05, 3.63) is 46.5 Å². The average Bonchev–Trinajstić information content (AvgIpc) is 3.48. The van der Waals surface area contributed by atoms with E-state index in [-0.39, 0.29) is 11.8 Å². The first-order valence-corrected chi connectivity index (χ1v) is 11.7. The number of aromatic nitrogens is 3. The third-order valence-electron chi connectivity index (χ3n) is 5.30. The van der Waals surface area contributed by atoms with Crippen molar-refractivity contribution in [1.29, 1.82) is 0 Å². The lowest BCUT2D eigenvalue weighted by atomic mass is 9.97. The summed E-state index contributed by atoms with van der Waals surface area (Å²) in [6, 6.07) is 8.10. The molecular weight excluding hydrogens is 418 g/mol. The van der Waals surface area contributed by atoms with Gasteiger partial charge in [-0.2, -0.15) is 11.3 Å². The lowest BCUT2D eigenvalue weighted by Gasteiger charge is -2.29. The molecular formula is C21H21N5O2S2. The molecule has 3 aromatic heterocycles. The highest BCUT2D eigenvalue weighted by Gasteiger charge is 2.26. The molecule has 1 aliphatic rings. The van der Waals surface area contributed by atoms with E-state index in [2.05, 4.69) is 38.4 Å². The molecule has 1 saturated heterocycles. The molecule has 0 radical (unpaired) electrons. The van der Waals surface area contributed by atoms with Crippen LogP contribution in [0, 0.1) is 6.92 Å². The van der Waals surface area contributed by atoms with Crippen molar-refractivity contribution in [3.63, 3.8) is 0 Å². The first-order chi connectivity index (χ1) is 14.6. The highest BCUT2D eigenvalue weighted by Crippen LogP contribution is 2.30. The number of nitrogens with zero attached hydrogens (tertiary/aromatic N) is 4. The Morgan fingerprint density at radius 2 is 2.13 bits per heavy atom. The van der Waals surface area contributed by atoms with Crippen LogP contribution in [0.3, 0.4) is 0 Å². The number of thiazole rings is 1. The van der Waals surface area contributed by atoms with E-state index in [9.17, 15) is 4.79 Å². The summed E-state index contributed by atoms with van der Waals surface area (Å²) in [5, 5.41) is 16.0. The van der Waals surface area contributed by atoms with Crippen LogP contribution in [0.5, 0.6) is 0 Å². The number of thiophene rings is 1. The molecule has 0 spiro atoms. The molecule has 5 rings (SSSR count). The highest BCUT2D eigenvalue weighted by molar-refractivity contribution is 7.22. The number of carbonyl (C=O) groups is 1. The van der Waals surface area contributed by atoms with Gasteiger partial charge >= 0.3 is 0 Å². The van der Waals surface area contributed by atoms with Crippen LogP contribution >= 0.6 is 22.7 Å². The molecule has 7 nitrogen and oxygen atoms in total. The van der Waals surface area contributed by atoms with Gasteiger partial charge in [-0.1, -0.05) is 17.4 Å². The summed E-state index contributed by atoms with van der Waals surface area (Å²) in [5.41, 5.74) is 3.08. The van der Waals surface area contributed by atoms with Gasteiger partial charge in [0, 0.05) is 16.9 Å². The quantitative estimate of drug-likeness (QED) is 0.492. The largest absolute Gasteiger partial charge is 0.420 e. The predicted molar refractivity (Wildman–Crippen MR) is 119 cm³/mol. The van der Waals surface area contributed by atoms with E-state index in [0.29, 0.717) is 23.5 Å². The molecule has 4 heterocycles. The minimum atomic E-state index is -0.0261. The number of rotatable bonds is 5. The lowest BCUT2D eigenvalue weighted by Crippen LogP contribution is -2.38. The van der Waals surface area contributed by atoms with E-state index in [1.807, 2.05) is 29.0 Å². The molecule has 0 atom stereocenters. The number of carbonyl (C=O) groups excluding carboxylic acids is 1. The second-order valence-corrected chi connectivity index (χ2v) is 9.36. The molecule has 0 unspecified atom stereocenters. The fourth-order valence-corrected chi connectivity index (χ4v) is 5.30. The first-order valence-electron chi connectivity index (χ1n) is 9.89. The van der Waals surface area contributed by atoms with Crippen LogP contribution in [0.1, 0.15) is 30.2 Å². The van der Waals surface area contributed by atoms with Crippen molar-refractivity contribution in [2.75, 3.05) is 25.0 Å². The van der Waals surface area contributed by atoms with Gasteiger partial charge in [0.05, 0.1) is 16.8 Å². The number of likely N-dealkylation sites (tertiary alicyclic amines) is 1. The van der Waals surface area contributed by atoms with Gasteiger partial charge in [-0.3, -0.25) is 9.69 Å². The number of amides is 1. The van der Waals surface area contributed by atoms with Crippen LogP contribution in [0.4, 0.5) is 5.13 Å². The zero-order valence-corrected chi connectivity index (χ0v) is 18.1. The Kier molecular flexibility index (Phi) is 5.32. The van der Waals surface area contributed by atoms with Crippen LogP contribution in [-0.4, -0.2) is 45.6 Å². The summed E-state index contributed by atoms with van der Waals surface area (Å²) in [4.78, 5) is 19.2. The zero-order valence-electron chi connectivity index (χ0n) is 16.5. The molecule has 1 aliphatic heterocycles. The summed E-state index contributed by atoms with van der Waals surface area (Å²) in [5.74, 6) is 1.50. The van der Waals surface area contributed by atoms with E-state index in [0.717, 1.165) is 41.7 Å². The van der Waals surface area contributed by atoms with E-state index >= 15 is 0 Å². The minimum absolute atomic E-state index is 0.0261. The molecule has 1 N–H and O–H groups in total. The summed E-state index contributed by atoms with van der Waals surface area (Å²) >= 11 is 3.12. The van der Waals surface area contributed by atoms with Gasteiger partial charge in [-0.25, -0.2) is 4.98 Å². The average molecular weight is 440 g/mol. The van der Waals surface area contributed by atoms with Gasteiger partial charge in [0.25, 0.3) is 0 Å². The highest BCUT2D eigenvalue weighted by atomic mass is 32.1. The monoisotopic (exact) mass is 439 g/mol. The first kappa shape index (κ1) is 19.3. The second kappa shape index (κ2) is 8.25. The maximum atomic E-state index is 12.5. The Morgan fingerprint density at radius 1 is 1.27 bits per heavy atom. The van der Waals surface area contributed by atoms with Crippen LogP contribution in [0.2, 0.25) is 0 Å². The fourth-order valence-electron chi connectivity index (χ4n) is 3.69. The lowest BCUT2D eigenvalue weighted by molar-refractivity contribution is -0.117. The standard InChI is InChI=1S/C21H21N5O2S2/c1-13-2-3-16-17(10-13)30-21(22-16)23-18(27)11-26-7-4-14(5-8-26)19-24-25-20(28-19)15-6-9-29-12-15/h2-3,6,9-10,12,14H,4-5,7-8,11H2,1H3,(H,22,23,27). The van der Waals surface area contributed by atoms with E-state index in [4.69, 9.17) is 4.42 Å². The van der Waals surface area contributed by atoms with E-state index in [1.54, 1.807) is 11.3 Å². The SMILES string of the molecule is Cc1ccc2nc(NC(=O)CN3CCC(c4nnc(-c5ccsc5)o4)CC3)sc2c1. The minimum Gasteiger partial charge on any atom is -0.420 e. The molecule has 4 aromatic rings. The smallest absolute Gasteiger partial charge is 0.248 e. The Hall–Kier alpha value is -2.62. The fraction of sp³-hybridized carbons (Fsp3) is 0.333. The maximum absolute atomic E-state index is 12.5. The molecule has 1 aromatic carbocycles. The van der Waals surface area contributed by atoms with Gasteiger partial charge in [0.2, 0.25) is 17.7 Å². The molecule has 30 heavy (non-hydrogen) atoms. The van der Waals surface area contributed by atoms with Gasteiger partial charge in [-0.15, -0.1) is 10.2 Å². The number of hydrogen-bond donors (Lipinski definition) is 1. The van der Waals surface area contributed by atoms with Gasteiger partial charge in [0.1, 0.15) is 0 Å². The number of hydrogen-bond acceptors (Lipinski definition) is 8. The number of anilines is 1. The topological polar surface area (TPSA) is 84.2 Å². The summed E-state index contributed by atoms with van der Waals surface area (Å²) in [6.07, 6.45) is 1.80. The molecule has 154 valence electrons. The molecule has 1 amide bonds. The second-order valence-electron chi connectivity index (χ2n) is 7.55. The molecule has 0 aliphatic carbocycles. The van der Waals surface area contributed by atoms with Gasteiger partial charge in [0.15, 0.2) is 5.13 Å². The van der Waals surface area contributed by atoms with E-state index < -0.39 is 0 Å². The third kappa shape index (κ3) is 4.14. The summed E-state index contributed by atoms with van der Waals surface area (Å²) < 4.78 is 6.97. The maximum Gasteiger partial charge on any atom is 0.248 e. The van der Waals surface area contributed by atoms with E-state index in [1.165, 1.54) is 16.9 Å². The van der Waals surface area contributed by atoms with Crippen molar-refractivity contribution in [3.8, 4) is 11.5 Å². The predicted octanol–water partition coefficient (Wildman–Crippen LogP) is 4.53. The summed E-state index contributed by atoms with van der Waals surface area (Å²) in [7, 11) is 0. The molecule has 0 saturated carbocycles. The Balaban J connectivity index is 1.14. The number of fused-ring (bicyclic) bond motifs is 1. The van der Waals surface area contributed by atoms with Gasteiger partial charge in [-0.05, 0) is 62.0 Å². The van der Waals surface area contributed by atoms with Crippen molar-refractivity contribution >= 4 is 43.9 Å². The van der Waals surface area contributed by atoms with Crippen LogP contribution in [0.25, 0.3) is 21.7 Å². The number of piperidine rings is 1. The van der Waals surface area contributed by atoms with Crippen molar-refractivity contribution < 1.29 is 9.21 Å². The number of aryl methyl sites for hydroxylation is 1. The molecule has 9 heteroatoms. The number of benzene rings is 1.